The van der Waals surface area contributed by atoms with Crippen LogP contribution >= 0.6 is 0 Å². The molecular weight excluding hydrogens is 406 g/mol. The second-order valence-corrected chi connectivity index (χ2v) is 8.81. The number of aromatic nitrogens is 3. The third kappa shape index (κ3) is 5.55. The van der Waals surface area contributed by atoms with Crippen LogP contribution in [0.15, 0.2) is 34.2 Å². The van der Waals surface area contributed by atoms with E-state index in [1.807, 2.05) is 17.7 Å². The van der Waals surface area contributed by atoms with E-state index in [9.17, 15) is 8.42 Å². The molecule has 0 spiro atoms. The predicted octanol–water partition coefficient (Wildman–Crippen LogP) is 0.711. The minimum absolute atomic E-state index is 0.0304. The lowest BCUT2D eigenvalue weighted by Crippen LogP contribution is -2.41. The molecule has 1 aromatic heterocycles. The summed E-state index contributed by atoms with van der Waals surface area (Å²) in [5.41, 5.74) is 0.829. The van der Waals surface area contributed by atoms with Crippen LogP contribution in [0.2, 0.25) is 0 Å². The Morgan fingerprint density at radius 1 is 1.40 bits per heavy atom. The molecular formula is C19H29N7O3S. The highest BCUT2D eigenvalue weighted by Crippen LogP contribution is 2.22. The predicted molar refractivity (Wildman–Crippen MR) is 114 cm³/mol. The van der Waals surface area contributed by atoms with Gasteiger partial charge in [-0.15, -0.1) is 0 Å². The van der Waals surface area contributed by atoms with Crippen LogP contribution in [-0.2, 0) is 27.8 Å². The molecule has 1 unspecified atom stereocenters. The van der Waals surface area contributed by atoms with Gasteiger partial charge in [-0.2, -0.15) is 5.10 Å². The van der Waals surface area contributed by atoms with Crippen LogP contribution in [0, 0.1) is 6.92 Å². The van der Waals surface area contributed by atoms with Gasteiger partial charge in [0.15, 0.2) is 5.96 Å². The van der Waals surface area contributed by atoms with Gasteiger partial charge >= 0.3 is 0 Å². The van der Waals surface area contributed by atoms with Crippen LogP contribution < -0.4 is 15.4 Å². The van der Waals surface area contributed by atoms with E-state index in [1.54, 1.807) is 25.2 Å². The van der Waals surface area contributed by atoms with Crippen molar-refractivity contribution < 1.29 is 13.2 Å². The number of benzene rings is 1. The Morgan fingerprint density at radius 2 is 2.23 bits per heavy atom. The molecule has 0 radical (unpaired) electrons. The molecule has 0 saturated heterocycles. The molecule has 164 valence electrons. The summed E-state index contributed by atoms with van der Waals surface area (Å²) < 4.78 is 34.1. The highest BCUT2D eigenvalue weighted by atomic mass is 32.2. The summed E-state index contributed by atoms with van der Waals surface area (Å²) in [5.74, 6) is 2.30. The van der Waals surface area contributed by atoms with Crippen LogP contribution in [0.3, 0.4) is 0 Å². The Bertz CT molecular complexity index is 988. The van der Waals surface area contributed by atoms with Crippen molar-refractivity contribution in [2.45, 2.75) is 43.8 Å². The third-order valence-corrected chi connectivity index (χ3v) is 6.24. The minimum atomic E-state index is -3.57. The lowest BCUT2D eigenvalue weighted by atomic mass is 10.1. The summed E-state index contributed by atoms with van der Waals surface area (Å²) in [6.45, 7) is 3.74. The van der Waals surface area contributed by atoms with Crippen molar-refractivity contribution in [3.63, 3.8) is 0 Å². The molecule has 0 fully saturated rings. The van der Waals surface area contributed by atoms with Gasteiger partial charge in [0.1, 0.15) is 11.6 Å². The number of guanidine groups is 1. The van der Waals surface area contributed by atoms with E-state index >= 15 is 0 Å². The summed E-state index contributed by atoms with van der Waals surface area (Å²) in [6.07, 6.45) is 1.96. The number of aryl methyl sites for hydroxylation is 2. The minimum Gasteiger partial charge on any atom is -0.383 e. The zero-order valence-corrected chi connectivity index (χ0v) is 18.4. The van der Waals surface area contributed by atoms with Gasteiger partial charge in [-0.1, -0.05) is 12.1 Å². The fraction of sp³-hybridized carbons (Fsp3) is 0.526. The van der Waals surface area contributed by atoms with Gasteiger partial charge in [-0.3, -0.25) is 4.99 Å². The molecule has 1 aliphatic rings. The first kappa shape index (κ1) is 22.2. The van der Waals surface area contributed by atoms with Crippen LogP contribution in [0.5, 0.6) is 0 Å². The number of ether oxygens (including phenoxy) is 1. The Kier molecular flexibility index (Phi) is 7.40. The highest BCUT2D eigenvalue weighted by molar-refractivity contribution is 7.89. The first-order chi connectivity index (χ1) is 14.4. The molecule has 1 aliphatic heterocycles. The number of fused-ring (bicyclic) bond motifs is 1. The lowest BCUT2D eigenvalue weighted by Gasteiger charge is -2.25. The number of rotatable bonds is 8. The topological polar surface area (TPSA) is 123 Å². The largest absolute Gasteiger partial charge is 0.383 e. The van der Waals surface area contributed by atoms with E-state index in [1.165, 1.54) is 7.11 Å². The molecule has 11 heteroatoms. The number of hydrogen-bond donors (Lipinski definition) is 3. The van der Waals surface area contributed by atoms with Crippen LogP contribution in [0.25, 0.3) is 0 Å². The molecule has 0 bridgehead atoms. The molecule has 1 atom stereocenters. The van der Waals surface area contributed by atoms with E-state index < -0.39 is 10.0 Å². The molecule has 1 aromatic carbocycles. The van der Waals surface area contributed by atoms with Crippen molar-refractivity contribution in [2.75, 3.05) is 27.3 Å². The van der Waals surface area contributed by atoms with Crippen molar-refractivity contribution in [3.05, 3.63) is 41.5 Å². The summed E-state index contributed by atoms with van der Waals surface area (Å²) in [5, 5.41) is 11.1. The average Bonchev–Trinajstić information content (AvgIpc) is 3.12. The normalized spacial score (nSPS) is 16.9. The van der Waals surface area contributed by atoms with Gasteiger partial charge in [0, 0.05) is 33.8 Å². The number of nitrogens with zero attached hydrogens (tertiary/aromatic N) is 4. The van der Waals surface area contributed by atoms with Crippen molar-refractivity contribution in [3.8, 4) is 0 Å². The number of methoxy groups -OCH3 is 1. The fourth-order valence-electron chi connectivity index (χ4n) is 3.33. The van der Waals surface area contributed by atoms with Crippen molar-refractivity contribution in [2.24, 2.45) is 4.99 Å². The van der Waals surface area contributed by atoms with E-state index in [4.69, 9.17) is 4.74 Å². The van der Waals surface area contributed by atoms with Crippen LogP contribution in [0.1, 0.15) is 36.1 Å². The maximum atomic E-state index is 12.4. The van der Waals surface area contributed by atoms with E-state index in [0.29, 0.717) is 19.1 Å². The molecule has 2 heterocycles. The Labute approximate surface area is 177 Å². The van der Waals surface area contributed by atoms with E-state index in [-0.39, 0.29) is 17.5 Å². The molecule has 0 amide bonds. The second kappa shape index (κ2) is 10.0. The van der Waals surface area contributed by atoms with Crippen LogP contribution in [0.4, 0.5) is 0 Å². The molecule has 0 saturated carbocycles. The van der Waals surface area contributed by atoms with Crippen molar-refractivity contribution >= 4 is 16.0 Å². The molecule has 2 aromatic rings. The van der Waals surface area contributed by atoms with Crippen molar-refractivity contribution in [1.29, 1.82) is 0 Å². The standard InChI is InChI=1S/C19H29N7O3S/c1-14-23-18-17(8-5-10-26(18)25-14)24-19(20-2)21-13-15-6-4-7-16(12-15)30(27,28)22-9-11-29-3/h4,6-7,12,17,22H,5,8-11,13H2,1-3H3,(H2,20,21,24). The first-order valence-electron chi connectivity index (χ1n) is 9.89. The Balaban J connectivity index is 1.62. The Morgan fingerprint density at radius 3 is 3.00 bits per heavy atom. The third-order valence-electron chi connectivity index (χ3n) is 4.78. The smallest absolute Gasteiger partial charge is 0.240 e. The number of hydrogen-bond acceptors (Lipinski definition) is 6. The summed E-state index contributed by atoms with van der Waals surface area (Å²) in [7, 11) is -0.344. The Hall–Kier alpha value is -2.50. The lowest BCUT2D eigenvalue weighted by molar-refractivity contribution is 0.204. The number of aliphatic imine (C=N–C) groups is 1. The molecule has 0 aliphatic carbocycles. The molecule has 10 nitrogen and oxygen atoms in total. The zero-order valence-electron chi connectivity index (χ0n) is 17.6. The first-order valence-corrected chi connectivity index (χ1v) is 11.4. The summed E-state index contributed by atoms with van der Waals surface area (Å²) in [4.78, 5) is 9.04. The summed E-state index contributed by atoms with van der Waals surface area (Å²) >= 11 is 0. The van der Waals surface area contributed by atoms with E-state index in [2.05, 4.69) is 30.4 Å². The zero-order chi connectivity index (χ0) is 21.6. The molecule has 30 heavy (non-hydrogen) atoms. The number of sulfonamides is 1. The van der Waals surface area contributed by atoms with Gasteiger partial charge in [-0.05, 0) is 37.5 Å². The fourth-order valence-corrected chi connectivity index (χ4v) is 4.42. The average molecular weight is 436 g/mol. The SMILES string of the molecule is CN=C(NCc1cccc(S(=O)(=O)NCCOC)c1)NC1CCCn2nc(C)nc21. The van der Waals surface area contributed by atoms with Gasteiger partial charge in [0.05, 0.1) is 17.5 Å². The molecule has 3 rings (SSSR count). The van der Waals surface area contributed by atoms with Gasteiger partial charge < -0.3 is 15.4 Å². The quantitative estimate of drug-likeness (QED) is 0.317. The van der Waals surface area contributed by atoms with Crippen LogP contribution in [-0.4, -0.2) is 56.5 Å². The van der Waals surface area contributed by atoms with E-state index in [0.717, 1.165) is 36.6 Å². The monoisotopic (exact) mass is 435 g/mol. The number of nitrogens with one attached hydrogen (secondary N) is 3. The highest BCUT2D eigenvalue weighted by Gasteiger charge is 2.24. The maximum Gasteiger partial charge on any atom is 0.240 e. The summed E-state index contributed by atoms with van der Waals surface area (Å²) in [6, 6.07) is 6.85. The van der Waals surface area contributed by atoms with Gasteiger partial charge in [0.2, 0.25) is 10.0 Å². The second-order valence-electron chi connectivity index (χ2n) is 7.04. The van der Waals surface area contributed by atoms with Gasteiger partial charge in [0.25, 0.3) is 0 Å². The van der Waals surface area contributed by atoms with Gasteiger partial charge in [-0.25, -0.2) is 22.8 Å². The maximum absolute atomic E-state index is 12.4. The van der Waals surface area contributed by atoms with Crippen molar-refractivity contribution in [1.82, 2.24) is 30.1 Å². The molecule has 3 N–H and O–H groups in total.